The van der Waals surface area contributed by atoms with Gasteiger partial charge in [-0.05, 0) is 51.6 Å². The summed E-state index contributed by atoms with van der Waals surface area (Å²) in [5, 5.41) is 10.2. The number of aromatic nitrogens is 1. The maximum absolute atomic E-state index is 5.50. The van der Waals surface area contributed by atoms with E-state index in [0.717, 1.165) is 64.7 Å². The zero-order valence-corrected chi connectivity index (χ0v) is 19.2. The highest BCUT2D eigenvalue weighted by Crippen LogP contribution is 2.20. The molecule has 0 spiro atoms. The van der Waals surface area contributed by atoms with Crippen LogP contribution in [0, 0.1) is 5.92 Å². The molecule has 0 atom stereocenters. The van der Waals surface area contributed by atoms with Crippen molar-refractivity contribution in [2.75, 3.05) is 59.7 Å². The lowest BCUT2D eigenvalue weighted by molar-refractivity contribution is 0.0698. The number of methoxy groups -OCH3 is 1. The fourth-order valence-corrected chi connectivity index (χ4v) is 4.06. The summed E-state index contributed by atoms with van der Waals surface area (Å²) in [6.45, 7) is 12.2. The van der Waals surface area contributed by atoms with Gasteiger partial charge in [0.15, 0.2) is 5.96 Å². The van der Waals surface area contributed by atoms with Crippen molar-refractivity contribution in [3.8, 4) is 0 Å². The number of aliphatic imine (C=N–C) groups is 1. The van der Waals surface area contributed by atoms with Crippen molar-refractivity contribution in [2.24, 2.45) is 10.9 Å². The van der Waals surface area contributed by atoms with Gasteiger partial charge in [0.25, 0.3) is 0 Å². The Hall–Kier alpha value is -1.22. The molecule has 1 aromatic heterocycles. The van der Waals surface area contributed by atoms with Crippen molar-refractivity contribution in [2.45, 2.75) is 46.1 Å². The van der Waals surface area contributed by atoms with Gasteiger partial charge in [0.1, 0.15) is 0 Å². The van der Waals surface area contributed by atoms with Crippen LogP contribution in [0.4, 0.5) is 0 Å². The highest BCUT2D eigenvalue weighted by Gasteiger charge is 2.19. The molecule has 0 radical (unpaired) electrons. The highest BCUT2D eigenvalue weighted by atomic mass is 32.1. The van der Waals surface area contributed by atoms with Gasteiger partial charge in [-0.15, -0.1) is 11.3 Å². The van der Waals surface area contributed by atoms with E-state index < -0.39 is 0 Å². The molecule has 1 aliphatic heterocycles. The third kappa shape index (κ3) is 9.89. The Labute approximate surface area is 180 Å². The minimum atomic E-state index is 0.653. The summed E-state index contributed by atoms with van der Waals surface area (Å²) >= 11 is 1.78. The van der Waals surface area contributed by atoms with Crippen molar-refractivity contribution >= 4 is 17.3 Å². The van der Waals surface area contributed by atoms with Gasteiger partial charge in [0.05, 0.1) is 23.9 Å². The molecule has 0 unspecified atom stereocenters. The lowest BCUT2D eigenvalue weighted by Crippen LogP contribution is -2.39. The van der Waals surface area contributed by atoms with Gasteiger partial charge in [-0.25, -0.2) is 4.98 Å². The third-order valence-corrected chi connectivity index (χ3v) is 6.08. The fraction of sp³-hybridized carbons (Fsp3) is 0.810. The maximum Gasteiger partial charge on any atom is 0.191 e. The molecule has 1 saturated heterocycles. The Balaban J connectivity index is 1.63. The molecule has 0 amide bonds. The van der Waals surface area contributed by atoms with Crippen LogP contribution in [0.3, 0.4) is 0 Å². The van der Waals surface area contributed by atoms with E-state index in [1.54, 1.807) is 18.4 Å². The van der Waals surface area contributed by atoms with Crippen LogP contribution in [-0.4, -0.2) is 75.5 Å². The summed E-state index contributed by atoms with van der Waals surface area (Å²) < 4.78 is 10.5. The van der Waals surface area contributed by atoms with Gasteiger partial charge in [0.2, 0.25) is 0 Å². The fourth-order valence-electron chi connectivity index (χ4n) is 3.33. The van der Waals surface area contributed by atoms with Gasteiger partial charge in [-0.3, -0.25) is 9.89 Å². The minimum Gasteiger partial charge on any atom is -0.382 e. The number of thiazole rings is 1. The van der Waals surface area contributed by atoms with Crippen LogP contribution in [-0.2, 0) is 22.4 Å². The third-order valence-electron chi connectivity index (χ3n) is 5.04. The number of nitrogens with zero attached hydrogens (tertiary/aromatic N) is 3. The topological polar surface area (TPSA) is 71.0 Å². The molecule has 29 heavy (non-hydrogen) atoms. The summed E-state index contributed by atoms with van der Waals surface area (Å²) in [5.74, 6) is 1.59. The Kier molecular flexibility index (Phi) is 12.2. The lowest BCUT2D eigenvalue weighted by atomic mass is 9.97. The van der Waals surface area contributed by atoms with E-state index in [1.165, 1.54) is 23.5 Å². The molecule has 2 rings (SSSR count). The second-order valence-electron chi connectivity index (χ2n) is 7.41. The first kappa shape index (κ1) is 24.1. The van der Waals surface area contributed by atoms with Crippen molar-refractivity contribution in [1.82, 2.24) is 20.5 Å². The highest BCUT2D eigenvalue weighted by molar-refractivity contribution is 7.09. The molecule has 0 aromatic carbocycles. The number of piperidine rings is 1. The van der Waals surface area contributed by atoms with Crippen molar-refractivity contribution < 1.29 is 9.47 Å². The average molecular weight is 426 g/mol. The number of hydrogen-bond acceptors (Lipinski definition) is 6. The molecular weight excluding hydrogens is 386 g/mol. The van der Waals surface area contributed by atoms with E-state index in [-0.39, 0.29) is 0 Å². The SMILES string of the molecule is CCNC(=NCC1CCN(Cc2csc(CC)n2)CC1)NCCCOCCOC. The van der Waals surface area contributed by atoms with Crippen molar-refractivity contribution in [3.05, 3.63) is 16.1 Å². The number of guanidine groups is 1. The molecule has 1 aromatic rings. The molecule has 7 nitrogen and oxygen atoms in total. The zero-order valence-electron chi connectivity index (χ0n) is 18.4. The number of aryl methyl sites for hydroxylation is 1. The Morgan fingerprint density at radius 3 is 2.76 bits per heavy atom. The smallest absolute Gasteiger partial charge is 0.191 e. The molecule has 8 heteroatoms. The molecule has 0 aliphatic carbocycles. The minimum absolute atomic E-state index is 0.653. The van der Waals surface area contributed by atoms with E-state index in [4.69, 9.17) is 19.5 Å². The van der Waals surface area contributed by atoms with Crippen molar-refractivity contribution in [1.29, 1.82) is 0 Å². The first-order chi connectivity index (χ1) is 14.2. The van der Waals surface area contributed by atoms with Crippen LogP contribution >= 0.6 is 11.3 Å². The molecule has 1 fully saturated rings. The Morgan fingerprint density at radius 1 is 1.24 bits per heavy atom. The zero-order chi connectivity index (χ0) is 20.7. The molecular formula is C21H39N5O2S. The Bertz CT molecular complexity index is 573. The van der Waals surface area contributed by atoms with Gasteiger partial charge < -0.3 is 20.1 Å². The first-order valence-corrected chi connectivity index (χ1v) is 11.9. The first-order valence-electron chi connectivity index (χ1n) is 11.0. The largest absolute Gasteiger partial charge is 0.382 e. The summed E-state index contributed by atoms with van der Waals surface area (Å²) in [7, 11) is 1.69. The molecule has 2 N–H and O–H groups in total. The van der Waals surface area contributed by atoms with Crippen LogP contribution in [0.15, 0.2) is 10.4 Å². The van der Waals surface area contributed by atoms with Gasteiger partial charge >= 0.3 is 0 Å². The van der Waals surface area contributed by atoms with Crippen LogP contribution in [0.2, 0.25) is 0 Å². The second-order valence-corrected chi connectivity index (χ2v) is 8.35. The number of nitrogens with one attached hydrogen (secondary N) is 2. The molecule has 2 heterocycles. The van der Waals surface area contributed by atoms with E-state index >= 15 is 0 Å². The summed E-state index contributed by atoms with van der Waals surface area (Å²) in [5.41, 5.74) is 1.23. The average Bonchev–Trinajstić information content (AvgIpc) is 3.20. The van der Waals surface area contributed by atoms with E-state index in [1.807, 2.05) is 0 Å². The van der Waals surface area contributed by atoms with Crippen LogP contribution in [0.25, 0.3) is 0 Å². The predicted molar refractivity (Wildman–Crippen MR) is 121 cm³/mol. The molecule has 166 valence electrons. The summed E-state index contributed by atoms with van der Waals surface area (Å²) in [6.07, 6.45) is 4.42. The quantitative estimate of drug-likeness (QED) is 0.287. The van der Waals surface area contributed by atoms with Crippen LogP contribution in [0.1, 0.15) is 43.8 Å². The summed E-state index contributed by atoms with van der Waals surface area (Å²) in [4.78, 5) is 12.0. The van der Waals surface area contributed by atoms with E-state index in [9.17, 15) is 0 Å². The lowest BCUT2D eigenvalue weighted by Gasteiger charge is -2.30. The van der Waals surface area contributed by atoms with E-state index in [0.29, 0.717) is 19.1 Å². The second kappa shape index (κ2) is 14.7. The van der Waals surface area contributed by atoms with Gasteiger partial charge in [-0.1, -0.05) is 6.92 Å². The predicted octanol–water partition coefficient (Wildman–Crippen LogP) is 2.53. The van der Waals surface area contributed by atoms with Gasteiger partial charge in [-0.2, -0.15) is 0 Å². The summed E-state index contributed by atoms with van der Waals surface area (Å²) in [6, 6.07) is 0. The molecule has 0 bridgehead atoms. The molecule has 0 saturated carbocycles. The van der Waals surface area contributed by atoms with Crippen LogP contribution in [0.5, 0.6) is 0 Å². The van der Waals surface area contributed by atoms with Crippen molar-refractivity contribution in [3.63, 3.8) is 0 Å². The maximum atomic E-state index is 5.50. The number of likely N-dealkylation sites (tertiary alicyclic amines) is 1. The molecule has 1 aliphatic rings. The monoisotopic (exact) mass is 425 g/mol. The standard InChI is InChI=1S/C21H39N5O2S/c1-4-20-25-19(17-29-20)16-26-10-7-18(8-11-26)15-24-21(22-5-2)23-9-6-12-28-14-13-27-3/h17-18H,4-16H2,1-3H3,(H2,22,23,24). The van der Waals surface area contributed by atoms with E-state index in [2.05, 4.69) is 34.8 Å². The van der Waals surface area contributed by atoms with Gasteiger partial charge in [0, 0.05) is 45.3 Å². The normalized spacial score (nSPS) is 16.3. The Morgan fingerprint density at radius 2 is 2.07 bits per heavy atom. The number of rotatable bonds is 13. The number of ether oxygens (including phenoxy) is 2. The van der Waals surface area contributed by atoms with Crippen LogP contribution < -0.4 is 10.6 Å². The number of hydrogen-bond donors (Lipinski definition) is 2.